The lowest BCUT2D eigenvalue weighted by molar-refractivity contribution is -0.129. The van der Waals surface area contributed by atoms with Crippen LogP contribution in [0.3, 0.4) is 0 Å². The van der Waals surface area contributed by atoms with Gasteiger partial charge in [-0.2, -0.15) is 0 Å². The third kappa shape index (κ3) is 3.72. The van der Waals surface area contributed by atoms with Gasteiger partial charge in [0.1, 0.15) is 0 Å². The Balaban J connectivity index is 2.27. The van der Waals surface area contributed by atoms with E-state index in [4.69, 9.17) is 5.21 Å². The summed E-state index contributed by atoms with van der Waals surface area (Å²) in [4.78, 5) is 23.9. The molecule has 2 amide bonds. The van der Waals surface area contributed by atoms with Gasteiger partial charge >= 0.3 is 0 Å². The topological polar surface area (TPSA) is 78.4 Å². The van der Waals surface area contributed by atoms with Crippen molar-refractivity contribution in [3.05, 3.63) is 34.9 Å². The molecule has 5 heteroatoms. The highest BCUT2D eigenvalue weighted by atomic mass is 16.5. The van der Waals surface area contributed by atoms with Crippen LogP contribution in [0.5, 0.6) is 0 Å². The summed E-state index contributed by atoms with van der Waals surface area (Å²) in [5.41, 5.74) is 3.78. The van der Waals surface area contributed by atoms with Crippen molar-refractivity contribution in [2.75, 3.05) is 0 Å². The molecule has 0 saturated carbocycles. The molecule has 126 valence electrons. The minimum Gasteiger partial charge on any atom is -0.353 e. The predicted molar refractivity (Wildman–Crippen MR) is 88.4 cm³/mol. The van der Waals surface area contributed by atoms with Crippen LogP contribution in [0.2, 0.25) is 0 Å². The fourth-order valence-corrected chi connectivity index (χ4v) is 3.16. The van der Waals surface area contributed by atoms with Crippen molar-refractivity contribution >= 4 is 11.8 Å². The first-order valence-electron chi connectivity index (χ1n) is 7.93. The minimum absolute atomic E-state index is 0.0537. The lowest BCUT2D eigenvalue weighted by Crippen LogP contribution is -2.47. The summed E-state index contributed by atoms with van der Waals surface area (Å²) in [5, 5.41) is 11.9. The molecule has 5 nitrogen and oxygen atoms in total. The Bertz CT molecular complexity index is 630. The maximum atomic E-state index is 12.2. The van der Waals surface area contributed by atoms with E-state index in [-0.39, 0.29) is 17.4 Å². The van der Waals surface area contributed by atoms with Crippen LogP contribution in [0.4, 0.5) is 0 Å². The van der Waals surface area contributed by atoms with Gasteiger partial charge in [0.15, 0.2) is 0 Å². The van der Waals surface area contributed by atoms with E-state index in [1.54, 1.807) is 11.5 Å². The summed E-state index contributed by atoms with van der Waals surface area (Å²) in [6.07, 6.45) is 1.56. The first-order valence-corrected chi connectivity index (χ1v) is 7.93. The molecule has 0 spiro atoms. The third-order valence-corrected chi connectivity index (χ3v) is 4.44. The number of amides is 2. The van der Waals surface area contributed by atoms with Crippen molar-refractivity contribution in [3.63, 3.8) is 0 Å². The van der Waals surface area contributed by atoms with Crippen LogP contribution >= 0.6 is 0 Å². The van der Waals surface area contributed by atoms with Crippen LogP contribution in [0.25, 0.3) is 0 Å². The second kappa shape index (κ2) is 5.96. The van der Waals surface area contributed by atoms with Crippen molar-refractivity contribution in [2.45, 2.75) is 58.9 Å². The SMILES string of the molecule is CC(C)(C)C(=O)NC1Cc2ccc(C(=O)NO)cc2C(C)(C)C1. The number of nitrogens with one attached hydrogen (secondary N) is 2. The van der Waals surface area contributed by atoms with E-state index < -0.39 is 11.3 Å². The van der Waals surface area contributed by atoms with Gasteiger partial charge < -0.3 is 5.32 Å². The lowest BCUT2D eigenvalue weighted by atomic mass is 9.70. The Morgan fingerprint density at radius 1 is 1.26 bits per heavy atom. The molecule has 0 bridgehead atoms. The zero-order valence-corrected chi connectivity index (χ0v) is 14.5. The Kier molecular flexibility index (Phi) is 4.53. The number of fused-ring (bicyclic) bond motifs is 1. The smallest absolute Gasteiger partial charge is 0.274 e. The summed E-state index contributed by atoms with van der Waals surface area (Å²) in [6.45, 7) is 9.95. The first kappa shape index (κ1) is 17.5. The molecular formula is C18H26N2O3. The molecule has 3 N–H and O–H groups in total. The third-order valence-electron chi connectivity index (χ3n) is 4.44. The van der Waals surface area contributed by atoms with E-state index in [0.29, 0.717) is 5.56 Å². The molecule has 0 radical (unpaired) electrons. The van der Waals surface area contributed by atoms with Gasteiger partial charge in [-0.1, -0.05) is 40.7 Å². The lowest BCUT2D eigenvalue weighted by Gasteiger charge is -2.39. The van der Waals surface area contributed by atoms with E-state index in [1.165, 1.54) is 0 Å². The average molecular weight is 318 g/mol. The fourth-order valence-electron chi connectivity index (χ4n) is 3.16. The highest BCUT2D eigenvalue weighted by molar-refractivity contribution is 5.93. The van der Waals surface area contributed by atoms with Crippen molar-refractivity contribution in [1.82, 2.24) is 10.8 Å². The van der Waals surface area contributed by atoms with Gasteiger partial charge in [-0.25, -0.2) is 5.48 Å². The predicted octanol–water partition coefficient (Wildman–Crippen LogP) is 2.56. The number of hydrogen-bond donors (Lipinski definition) is 3. The number of hydroxylamine groups is 1. The molecule has 23 heavy (non-hydrogen) atoms. The summed E-state index contributed by atoms with van der Waals surface area (Å²) in [5.74, 6) is -0.454. The van der Waals surface area contributed by atoms with E-state index in [2.05, 4.69) is 19.2 Å². The Morgan fingerprint density at radius 3 is 2.48 bits per heavy atom. The van der Waals surface area contributed by atoms with E-state index >= 15 is 0 Å². The van der Waals surface area contributed by atoms with E-state index in [9.17, 15) is 9.59 Å². The zero-order valence-electron chi connectivity index (χ0n) is 14.5. The Labute approximate surface area is 137 Å². The normalized spacial score (nSPS) is 19.7. The summed E-state index contributed by atoms with van der Waals surface area (Å²) < 4.78 is 0. The highest BCUT2D eigenvalue weighted by Gasteiger charge is 2.35. The van der Waals surface area contributed by atoms with Crippen LogP contribution in [-0.4, -0.2) is 23.1 Å². The van der Waals surface area contributed by atoms with Gasteiger partial charge in [0, 0.05) is 17.0 Å². The second-order valence-electron chi connectivity index (χ2n) is 8.03. The Morgan fingerprint density at radius 2 is 1.91 bits per heavy atom. The van der Waals surface area contributed by atoms with Gasteiger partial charge in [-0.05, 0) is 41.5 Å². The largest absolute Gasteiger partial charge is 0.353 e. The molecule has 0 fully saturated rings. The fraction of sp³-hybridized carbons (Fsp3) is 0.556. The van der Waals surface area contributed by atoms with Gasteiger partial charge in [0.25, 0.3) is 5.91 Å². The van der Waals surface area contributed by atoms with Gasteiger partial charge in [0.05, 0.1) is 0 Å². The standard InChI is InChI=1S/C18H26N2O3/c1-17(2,3)16(22)19-13-8-11-6-7-12(15(21)20-23)9-14(11)18(4,5)10-13/h6-7,9,13,23H,8,10H2,1-5H3,(H,19,22)(H,20,21). The molecular weight excluding hydrogens is 292 g/mol. The van der Waals surface area contributed by atoms with Gasteiger partial charge in [-0.15, -0.1) is 0 Å². The number of rotatable bonds is 2. The molecule has 0 aromatic heterocycles. The van der Waals surface area contributed by atoms with Gasteiger partial charge in [-0.3, -0.25) is 14.8 Å². The van der Waals surface area contributed by atoms with Crippen molar-refractivity contribution in [3.8, 4) is 0 Å². The summed E-state index contributed by atoms with van der Waals surface area (Å²) in [7, 11) is 0. The monoisotopic (exact) mass is 318 g/mol. The van der Waals surface area contributed by atoms with Crippen molar-refractivity contribution in [2.24, 2.45) is 5.41 Å². The van der Waals surface area contributed by atoms with Crippen LogP contribution in [-0.2, 0) is 16.6 Å². The van der Waals surface area contributed by atoms with E-state index in [1.807, 2.05) is 32.9 Å². The van der Waals surface area contributed by atoms with Crippen LogP contribution in [0.15, 0.2) is 18.2 Å². The molecule has 1 atom stereocenters. The van der Waals surface area contributed by atoms with Crippen LogP contribution < -0.4 is 10.8 Å². The molecule has 1 aliphatic rings. The Hall–Kier alpha value is -1.88. The average Bonchev–Trinajstić information content (AvgIpc) is 2.44. The second-order valence-corrected chi connectivity index (χ2v) is 8.03. The number of hydrogen-bond acceptors (Lipinski definition) is 3. The molecule has 1 unspecified atom stereocenters. The first-order chi connectivity index (χ1) is 10.5. The molecule has 1 aliphatic carbocycles. The molecule has 1 aromatic carbocycles. The van der Waals surface area contributed by atoms with Crippen LogP contribution in [0.1, 0.15) is 62.5 Å². The van der Waals surface area contributed by atoms with E-state index in [0.717, 1.165) is 24.0 Å². The molecule has 0 saturated heterocycles. The van der Waals surface area contributed by atoms with Crippen LogP contribution in [0, 0.1) is 5.41 Å². The van der Waals surface area contributed by atoms with Gasteiger partial charge in [0.2, 0.25) is 5.91 Å². The quantitative estimate of drug-likeness (QED) is 0.579. The molecule has 1 aromatic rings. The molecule has 2 rings (SSSR count). The summed E-state index contributed by atoms with van der Waals surface area (Å²) in [6, 6.07) is 5.54. The zero-order chi connectivity index (χ0) is 17.4. The number of benzene rings is 1. The summed E-state index contributed by atoms with van der Waals surface area (Å²) >= 11 is 0. The number of carbonyl (C=O) groups is 2. The van der Waals surface area contributed by atoms with Crippen molar-refractivity contribution < 1.29 is 14.8 Å². The maximum Gasteiger partial charge on any atom is 0.274 e. The molecule has 0 heterocycles. The molecule has 0 aliphatic heterocycles. The highest BCUT2D eigenvalue weighted by Crippen LogP contribution is 2.37. The minimum atomic E-state index is -0.508. The van der Waals surface area contributed by atoms with Crippen molar-refractivity contribution in [1.29, 1.82) is 0 Å². The maximum absolute atomic E-state index is 12.2. The number of carbonyl (C=O) groups excluding carboxylic acids is 2.